The maximum Gasteiger partial charge on any atom is 0.231 e. The van der Waals surface area contributed by atoms with Gasteiger partial charge < -0.3 is 10.6 Å². The number of benzene rings is 2. The Bertz CT molecular complexity index is 671. The molecule has 2 N–H and O–H groups in total. The highest BCUT2D eigenvalue weighted by Gasteiger charge is 2.30. The van der Waals surface area contributed by atoms with Crippen LogP contribution in [0, 0.1) is 0 Å². The van der Waals surface area contributed by atoms with E-state index in [9.17, 15) is 4.79 Å². The SMILES string of the molecule is CN(Cc1cccc(N)c1)C(=O)C1CSc2ccccc21. The highest BCUT2D eigenvalue weighted by Crippen LogP contribution is 2.40. The topological polar surface area (TPSA) is 46.3 Å². The van der Waals surface area contributed by atoms with Crippen LogP contribution in [0.1, 0.15) is 17.0 Å². The summed E-state index contributed by atoms with van der Waals surface area (Å²) in [5.41, 5.74) is 8.74. The Morgan fingerprint density at radius 1 is 1.29 bits per heavy atom. The maximum absolute atomic E-state index is 12.7. The predicted octanol–water partition coefficient (Wildman–Crippen LogP) is 3.12. The molecule has 1 aliphatic rings. The number of carbonyl (C=O) groups is 1. The van der Waals surface area contributed by atoms with Gasteiger partial charge >= 0.3 is 0 Å². The molecular weight excluding hydrogens is 280 g/mol. The summed E-state index contributed by atoms with van der Waals surface area (Å²) < 4.78 is 0. The maximum atomic E-state index is 12.7. The number of carbonyl (C=O) groups excluding carboxylic acids is 1. The molecule has 108 valence electrons. The van der Waals surface area contributed by atoms with E-state index in [4.69, 9.17) is 5.73 Å². The zero-order valence-corrected chi connectivity index (χ0v) is 12.8. The molecule has 2 aromatic rings. The molecule has 3 nitrogen and oxygen atoms in total. The standard InChI is InChI=1S/C17H18N2OS/c1-19(10-12-5-4-6-13(18)9-12)17(20)15-11-21-16-8-3-2-7-14(15)16/h2-9,15H,10-11,18H2,1H3. The molecule has 3 rings (SSSR count). The van der Waals surface area contributed by atoms with Crippen molar-refractivity contribution in [2.24, 2.45) is 0 Å². The summed E-state index contributed by atoms with van der Waals surface area (Å²) in [5.74, 6) is 0.978. The summed E-state index contributed by atoms with van der Waals surface area (Å²) in [6.45, 7) is 0.590. The van der Waals surface area contributed by atoms with Crippen LogP contribution < -0.4 is 5.73 Å². The lowest BCUT2D eigenvalue weighted by Crippen LogP contribution is -2.31. The second-order valence-electron chi connectivity index (χ2n) is 5.34. The van der Waals surface area contributed by atoms with Gasteiger partial charge in [-0.15, -0.1) is 11.8 Å². The van der Waals surface area contributed by atoms with Gasteiger partial charge in [-0.1, -0.05) is 30.3 Å². The summed E-state index contributed by atoms with van der Waals surface area (Å²) in [4.78, 5) is 15.7. The number of hydrogen-bond donors (Lipinski definition) is 1. The van der Waals surface area contributed by atoms with Crippen molar-refractivity contribution in [3.05, 3.63) is 59.7 Å². The van der Waals surface area contributed by atoms with Crippen LogP contribution in [0.5, 0.6) is 0 Å². The molecule has 0 saturated carbocycles. The summed E-state index contributed by atoms with van der Waals surface area (Å²) in [6, 6.07) is 15.9. The second-order valence-corrected chi connectivity index (χ2v) is 6.40. The lowest BCUT2D eigenvalue weighted by atomic mass is 10.00. The van der Waals surface area contributed by atoms with Gasteiger partial charge in [-0.25, -0.2) is 0 Å². The minimum atomic E-state index is -0.0303. The molecule has 1 heterocycles. The second kappa shape index (κ2) is 5.82. The van der Waals surface area contributed by atoms with E-state index in [1.54, 1.807) is 16.7 Å². The third-order valence-electron chi connectivity index (χ3n) is 3.75. The minimum absolute atomic E-state index is 0.0303. The molecule has 0 saturated heterocycles. The van der Waals surface area contributed by atoms with Crippen molar-refractivity contribution >= 4 is 23.4 Å². The highest BCUT2D eigenvalue weighted by molar-refractivity contribution is 7.99. The van der Waals surface area contributed by atoms with E-state index in [0.29, 0.717) is 6.54 Å². The van der Waals surface area contributed by atoms with Crippen molar-refractivity contribution in [1.82, 2.24) is 4.90 Å². The van der Waals surface area contributed by atoms with E-state index in [2.05, 4.69) is 12.1 Å². The lowest BCUT2D eigenvalue weighted by molar-refractivity contribution is -0.131. The van der Waals surface area contributed by atoms with Crippen molar-refractivity contribution in [1.29, 1.82) is 0 Å². The molecule has 21 heavy (non-hydrogen) atoms. The number of fused-ring (bicyclic) bond motifs is 1. The molecule has 2 aromatic carbocycles. The van der Waals surface area contributed by atoms with E-state index < -0.39 is 0 Å². The number of thioether (sulfide) groups is 1. The molecule has 0 bridgehead atoms. The van der Waals surface area contributed by atoms with Crippen LogP contribution in [0.2, 0.25) is 0 Å². The van der Waals surface area contributed by atoms with E-state index in [0.717, 1.165) is 22.6 Å². The normalized spacial score (nSPS) is 16.5. The molecule has 1 aliphatic heterocycles. The number of likely N-dealkylation sites (N-methyl/N-ethyl adjacent to an activating group) is 1. The number of rotatable bonds is 3. The van der Waals surface area contributed by atoms with E-state index >= 15 is 0 Å². The predicted molar refractivity (Wildman–Crippen MR) is 87.2 cm³/mol. The summed E-state index contributed by atoms with van der Waals surface area (Å²) in [7, 11) is 1.86. The van der Waals surface area contributed by atoms with Crippen molar-refractivity contribution in [2.45, 2.75) is 17.4 Å². The van der Waals surface area contributed by atoms with Crippen LogP contribution in [-0.4, -0.2) is 23.6 Å². The van der Waals surface area contributed by atoms with Gasteiger partial charge in [-0.2, -0.15) is 0 Å². The van der Waals surface area contributed by atoms with Gasteiger partial charge in [0, 0.05) is 29.9 Å². The first-order chi connectivity index (χ1) is 10.1. The molecular formula is C17H18N2OS. The van der Waals surface area contributed by atoms with Gasteiger partial charge in [0.1, 0.15) is 0 Å². The number of nitrogens with two attached hydrogens (primary N) is 1. The third kappa shape index (κ3) is 2.90. The fourth-order valence-electron chi connectivity index (χ4n) is 2.68. The quantitative estimate of drug-likeness (QED) is 0.886. The van der Waals surface area contributed by atoms with Crippen LogP contribution in [0.15, 0.2) is 53.4 Å². The van der Waals surface area contributed by atoms with Crippen molar-refractivity contribution < 1.29 is 4.79 Å². The van der Waals surface area contributed by atoms with Gasteiger partial charge in [0.05, 0.1) is 5.92 Å². The zero-order valence-electron chi connectivity index (χ0n) is 12.0. The first kappa shape index (κ1) is 14.0. The fourth-order valence-corrected chi connectivity index (χ4v) is 3.90. The van der Waals surface area contributed by atoms with Crippen LogP contribution in [0.4, 0.5) is 5.69 Å². The van der Waals surface area contributed by atoms with E-state index in [-0.39, 0.29) is 11.8 Å². The smallest absolute Gasteiger partial charge is 0.231 e. The lowest BCUT2D eigenvalue weighted by Gasteiger charge is -2.21. The molecule has 1 atom stereocenters. The Labute approximate surface area is 129 Å². The Balaban J connectivity index is 1.74. The molecule has 1 amide bonds. The Morgan fingerprint density at radius 2 is 2.10 bits per heavy atom. The molecule has 4 heteroatoms. The zero-order chi connectivity index (χ0) is 14.8. The molecule has 1 unspecified atom stereocenters. The van der Waals surface area contributed by atoms with Crippen LogP contribution in [-0.2, 0) is 11.3 Å². The fraction of sp³-hybridized carbons (Fsp3) is 0.235. The van der Waals surface area contributed by atoms with Crippen molar-refractivity contribution in [2.75, 3.05) is 18.5 Å². The van der Waals surface area contributed by atoms with Gasteiger partial charge in [0.2, 0.25) is 5.91 Å². The average Bonchev–Trinajstić information content (AvgIpc) is 2.90. The molecule has 0 fully saturated rings. The number of hydrogen-bond acceptors (Lipinski definition) is 3. The monoisotopic (exact) mass is 298 g/mol. The van der Waals surface area contributed by atoms with Gasteiger partial charge in [0.25, 0.3) is 0 Å². The Kier molecular flexibility index (Phi) is 3.88. The summed E-state index contributed by atoms with van der Waals surface area (Å²) in [6.07, 6.45) is 0. The van der Waals surface area contributed by atoms with Gasteiger partial charge in [-0.05, 0) is 29.3 Å². The van der Waals surface area contributed by atoms with Crippen LogP contribution in [0.25, 0.3) is 0 Å². The van der Waals surface area contributed by atoms with Gasteiger partial charge in [-0.3, -0.25) is 4.79 Å². The van der Waals surface area contributed by atoms with E-state index in [1.807, 2.05) is 43.4 Å². The Hall–Kier alpha value is -1.94. The number of amides is 1. The largest absolute Gasteiger partial charge is 0.399 e. The first-order valence-electron chi connectivity index (χ1n) is 6.96. The van der Waals surface area contributed by atoms with Crippen LogP contribution >= 0.6 is 11.8 Å². The first-order valence-corrected chi connectivity index (χ1v) is 7.95. The van der Waals surface area contributed by atoms with Gasteiger partial charge in [0.15, 0.2) is 0 Å². The Morgan fingerprint density at radius 3 is 2.90 bits per heavy atom. The van der Waals surface area contributed by atoms with E-state index in [1.165, 1.54) is 4.90 Å². The minimum Gasteiger partial charge on any atom is -0.399 e. The number of anilines is 1. The molecule has 0 radical (unpaired) electrons. The van der Waals surface area contributed by atoms with Crippen LogP contribution in [0.3, 0.4) is 0 Å². The number of nitrogens with zero attached hydrogens (tertiary/aromatic N) is 1. The van der Waals surface area contributed by atoms with Crippen molar-refractivity contribution in [3.8, 4) is 0 Å². The summed E-state index contributed by atoms with van der Waals surface area (Å²) in [5, 5.41) is 0. The van der Waals surface area contributed by atoms with Crippen molar-refractivity contribution in [3.63, 3.8) is 0 Å². The highest BCUT2D eigenvalue weighted by atomic mass is 32.2. The molecule has 0 aromatic heterocycles. The molecule has 0 spiro atoms. The third-order valence-corrected chi connectivity index (χ3v) is 4.93. The molecule has 0 aliphatic carbocycles. The number of nitrogen functional groups attached to an aromatic ring is 1. The summed E-state index contributed by atoms with van der Waals surface area (Å²) >= 11 is 1.76. The average molecular weight is 298 g/mol.